The molecule has 1 aromatic carbocycles. The predicted molar refractivity (Wildman–Crippen MR) is 78.9 cm³/mol. The van der Waals surface area contributed by atoms with E-state index in [1.807, 2.05) is 39.0 Å². The molecule has 0 aliphatic heterocycles. The molecule has 1 unspecified atom stereocenters. The van der Waals surface area contributed by atoms with Crippen LogP contribution in [0.2, 0.25) is 0 Å². The summed E-state index contributed by atoms with van der Waals surface area (Å²) in [6.45, 7) is 5.89. The lowest BCUT2D eigenvalue weighted by Crippen LogP contribution is -2.37. The molecule has 0 saturated heterocycles. The Balaban J connectivity index is 2.84. The molecule has 3 nitrogen and oxygen atoms in total. The summed E-state index contributed by atoms with van der Waals surface area (Å²) < 4.78 is 0. The van der Waals surface area contributed by atoms with Crippen LogP contribution in [0.5, 0.6) is 0 Å². The van der Waals surface area contributed by atoms with Crippen LogP contribution in [0.15, 0.2) is 18.2 Å². The average molecular weight is 264 g/mol. The van der Waals surface area contributed by atoms with Crippen molar-refractivity contribution in [1.82, 2.24) is 5.32 Å². The average Bonchev–Trinajstić information content (AvgIpc) is 2.27. The summed E-state index contributed by atoms with van der Waals surface area (Å²) in [5, 5.41) is 2.99. The first-order valence-electron chi connectivity index (χ1n) is 6.11. The van der Waals surface area contributed by atoms with Crippen LogP contribution in [-0.4, -0.2) is 16.9 Å². The van der Waals surface area contributed by atoms with Crippen LogP contribution in [0, 0.1) is 13.8 Å². The highest BCUT2D eigenvalue weighted by Crippen LogP contribution is 2.13. The molecule has 3 N–H and O–H groups in total. The second kappa shape index (κ2) is 6.50. The Labute approximate surface area is 114 Å². The van der Waals surface area contributed by atoms with E-state index in [4.69, 9.17) is 18.0 Å². The maximum Gasteiger partial charge on any atom is 0.252 e. The highest BCUT2D eigenvalue weighted by Gasteiger charge is 2.16. The third-order valence-electron chi connectivity index (χ3n) is 2.98. The zero-order valence-corrected chi connectivity index (χ0v) is 11.9. The SMILES string of the molecule is CCC(CC(N)=S)NC(=O)c1c(C)cccc1C. The van der Waals surface area contributed by atoms with Gasteiger partial charge in [0.25, 0.3) is 5.91 Å². The highest BCUT2D eigenvalue weighted by molar-refractivity contribution is 7.80. The number of thiocarbonyl (C=S) groups is 1. The van der Waals surface area contributed by atoms with Crippen LogP contribution in [0.1, 0.15) is 41.3 Å². The van der Waals surface area contributed by atoms with E-state index in [1.54, 1.807) is 0 Å². The van der Waals surface area contributed by atoms with Gasteiger partial charge in [-0.1, -0.05) is 37.3 Å². The number of rotatable bonds is 5. The largest absolute Gasteiger partial charge is 0.393 e. The van der Waals surface area contributed by atoms with Gasteiger partial charge in [-0.3, -0.25) is 4.79 Å². The minimum atomic E-state index is -0.0475. The van der Waals surface area contributed by atoms with E-state index in [1.165, 1.54) is 0 Å². The molecule has 1 rings (SSSR count). The number of hydrogen-bond donors (Lipinski definition) is 2. The highest BCUT2D eigenvalue weighted by atomic mass is 32.1. The molecule has 1 aromatic rings. The fraction of sp³-hybridized carbons (Fsp3) is 0.429. The Kier molecular flexibility index (Phi) is 5.28. The van der Waals surface area contributed by atoms with E-state index in [-0.39, 0.29) is 11.9 Å². The molecule has 0 spiro atoms. The van der Waals surface area contributed by atoms with Crippen molar-refractivity contribution in [3.05, 3.63) is 34.9 Å². The van der Waals surface area contributed by atoms with Crippen molar-refractivity contribution in [2.24, 2.45) is 5.73 Å². The summed E-state index contributed by atoms with van der Waals surface area (Å²) in [6.07, 6.45) is 1.36. The zero-order chi connectivity index (χ0) is 13.7. The molecule has 0 aromatic heterocycles. The van der Waals surface area contributed by atoms with Crippen LogP contribution >= 0.6 is 12.2 Å². The number of nitrogens with two attached hydrogens (primary N) is 1. The van der Waals surface area contributed by atoms with Gasteiger partial charge >= 0.3 is 0 Å². The van der Waals surface area contributed by atoms with Gasteiger partial charge in [-0.2, -0.15) is 0 Å². The fourth-order valence-corrected chi connectivity index (χ4v) is 2.17. The summed E-state index contributed by atoms with van der Waals surface area (Å²) in [5.74, 6) is -0.0475. The number of hydrogen-bond acceptors (Lipinski definition) is 2. The van der Waals surface area contributed by atoms with Crippen LogP contribution < -0.4 is 11.1 Å². The van der Waals surface area contributed by atoms with Crippen molar-refractivity contribution in [3.63, 3.8) is 0 Å². The molecular weight excluding hydrogens is 244 g/mol. The molecule has 0 bridgehead atoms. The minimum absolute atomic E-state index is 0.00834. The van der Waals surface area contributed by atoms with Crippen molar-refractivity contribution < 1.29 is 4.79 Å². The molecule has 98 valence electrons. The molecule has 1 atom stereocenters. The Morgan fingerprint density at radius 1 is 1.39 bits per heavy atom. The first-order valence-corrected chi connectivity index (χ1v) is 6.52. The molecule has 0 fully saturated rings. The Bertz CT molecular complexity index is 437. The van der Waals surface area contributed by atoms with E-state index in [0.717, 1.165) is 23.1 Å². The maximum absolute atomic E-state index is 12.2. The summed E-state index contributed by atoms with van der Waals surface area (Å²) in [7, 11) is 0. The van der Waals surface area contributed by atoms with Crippen molar-refractivity contribution in [2.45, 2.75) is 39.7 Å². The smallest absolute Gasteiger partial charge is 0.252 e. The number of carbonyl (C=O) groups excluding carboxylic acids is 1. The third kappa shape index (κ3) is 3.81. The second-order valence-corrected chi connectivity index (χ2v) is 5.04. The van der Waals surface area contributed by atoms with Gasteiger partial charge in [0.1, 0.15) is 0 Å². The lowest BCUT2D eigenvalue weighted by Gasteiger charge is -2.18. The van der Waals surface area contributed by atoms with Gasteiger partial charge in [0.15, 0.2) is 0 Å². The number of amides is 1. The molecule has 1 amide bonds. The predicted octanol–water partition coefficient (Wildman–Crippen LogP) is 2.49. The third-order valence-corrected chi connectivity index (χ3v) is 3.15. The molecule has 0 heterocycles. The number of benzene rings is 1. The van der Waals surface area contributed by atoms with Gasteiger partial charge in [-0.15, -0.1) is 0 Å². The zero-order valence-electron chi connectivity index (χ0n) is 11.1. The van der Waals surface area contributed by atoms with Gasteiger partial charge < -0.3 is 11.1 Å². The van der Waals surface area contributed by atoms with E-state index >= 15 is 0 Å². The quantitative estimate of drug-likeness (QED) is 0.803. The molecule has 0 radical (unpaired) electrons. The van der Waals surface area contributed by atoms with Crippen LogP contribution in [0.25, 0.3) is 0 Å². The standard InChI is InChI=1S/C14H20N2OS/c1-4-11(8-12(15)18)16-14(17)13-9(2)6-5-7-10(13)3/h5-7,11H,4,8H2,1-3H3,(H2,15,18)(H,16,17). The molecule has 18 heavy (non-hydrogen) atoms. The lowest BCUT2D eigenvalue weighted by molar-refractivity contribution is 0.0936. The Hall–Kier alpha value is -1.42. The van der Waals surface area contributed by atoms with E-state index in [2.05, 4.69) is 5.32 Å². The normalized spacial score (nSPS) is 11.9. The van der Waals surface area contributed by atoms with Crippen molar-refractivity contribution in [2.75, 3.05) is 0 Å². The van der Waals surface area contributed by atoms with Crippen LogP contribution in [-0.2, 0) is 0 Å². The van der Waals surface area contributed by atoms with Crippen molar-refractivity contribution in [1.29, 1.82) is 0 Å². The first-order chi connectivity index (χ1) is 8.45. The summed E-state index contributed by atoms with van der Waals surface area (Å²) >= 11 is 4.89. The van der Waals surface area contributed by atoms with Gasteiger partial charge in [-0.05, 0) is 31.4 Å². The summed E-state index contributed by atoms with van der Waals surface area (Å²) in [5.41, 5.74) is 8.24. The van der Waals surface area contributed by atoms with E-state index in [9.17, 15) is 4.79 Å². The monoisotopic (exact) mass is 264 g/mol. The van der Waals surface area contributed by atoms with E-state index < -0.39 is 0 Å². The van der Waals surface area contributed by atoms with Crippen molar-refractivity contribution in [3.8, 4) is 0 Å². The van der Waals surface area contributed by atoms with E-state index in [0.29, 0.717) is 11.4 Å². The van der Waals surface area contributed by atoms with Crippen molar-refractivity contribution >= 4 is 23.1 Å². The van der Waals surface area contributed by atoms with Crippen LogP contribution in [0.4, 0.5) is 0 Å². The lowest BCUT2D eigenvalue weighted by atomic mass is 10.0. The molecule has 0 aliphatic rings. The van der Waals surface area contributed by atoms with Gasteiger partial charge in [0.05, 0.1) is 4.99 Å². The molecule has 0 saturated carbocycles. The molecular formula is C14H20N2OS. The maximum atomic E-state index is 12.2. The minimum Gasteiger partial charge on any atom is -0.393 e. The molecule has 4 heteroatoms. The van der Waals surface area contributed by atoms with Gasteiger partial charge in [0.2, 0.25) is 0 Å². The number of carbonyl (C=O) groups is 1. The number of nitrogens with one attached hydrogen (secondary N) is 1. The Morgan fingerprint density at radius 2 is 1.94 bits per heavy atom. The van der Waals surface area contributed by atoms with Crippen LogP contribution in [0.3, 0.4) is 0 Å². The Morgan fingerprint density at radius 3 is 2.39 bits per heavy atom. The van der Waals surface area contributed by atoms with Gasteiger partial charge in [0, 0.05) is 18.0 Å². The second-order valence-electron chi connectivity index (χ2n) is 4.52. The fourth-order valence-electron chi connectivity index (χ4n) is 1.97. The topological polar surface area (TPSA) is 55.1 Å². The first kappa shape index (κ1) is 14.6. The summed E-state index contributed by atoms with van der Waals surface area (Å²) in [4.78, 5) is 12.7. The number of aryl methyl sites for hydroxylation is 2. The van der Waals surface area contributed by atoms with Gasteiger partial charge in [-0.25, -0.2) is 0 Å². The molecule has 0 aliphatic carbocycles. The summed E-state index contributed by atoms with van der Waals surface area (Å²) in [6, 6.07) is 5.84.